The molecule has 2 aromatic carbocycles. The third-order valence-corrected chi connectivity index (χ3v) is 4.07. The van der Waals surface area contributed by atoms with Crippen LogP contribution in [0.25, 0.3) is 0 Å². The van der Waals surface area contributed by atoms with Crippen molar-refractivity contribution in [1.29, 1.82) is 0 Å². The van der Waals surface area contributed by atoms with Gasteiger partial charge in [0.2, 0.25) is 0 Å². The van der Waals surface area contributed by atoms with Crippen LogP contribution in [0.3, 0.4) is 0 Å². The SMILES string of the molecule is CC(C)(C)c1ccccc1Nc1ccc(NC(=O)NC2CC2)cc1. The molecule has 4 heteroatoms. The fourth-order valence-electron chi connectivity index (χ4n) is 2.62. The zero-order valence-electron chi connectivity index (χ0n) is 14.5. The van der Waals surface area contributed by atoms with Crippen LogP contribution >= 0.6 is 0 Å². The van der Waals surface area contributed by atoms with E-state index in [0.29, 0.717) is 6.04 Å². The van der Waals surface area contributed by atoms with Crippen molar-refractivity contribution in [3.05, 3.63) is 54.1 Å². The number of hydrogen-bond donors (Lipinski definition) is 3. The standard InChI is InChI=1S/C20H25N3O/c1-20(2,3)17-6-4-5-7-18(17)21-14-8-10-15(11-9-14)22-19(24)23-16-12-13-16/h4-11,16,21H,12-13H2,1-3H3,(H2,22,23,24). The zero-order valence-corrected chi connectivity index (χ0v) is 14.5. The predicted molar refractivity (Wildman–Crippen MR) is 100 cm³/mol. The number of hydrogen-bond acceptors (Lipinski definition) is 2. The molecule has 3 rings (SSSR count). The third-order valence-electron chi connectivity index (χ3n) is 4.07. The first-order valence-corrected chi connectivity index (χ1v) is 8.46. The van der Waals surface area contributed by atoms with Gasteiger partial charge in [-0.05, 0) is 54.2 Å². The number of carbonyl (C=O) groups excluding carboxylic acids is 1. The molecule has 0 aromatic heterocycles. The second kappa shape index (κ2) is 6.56. The summed E-state index contributed by atoms with van der Waals surface area (Å²) in [6, 6.07) is 16.4. The molecule has 126 valence electrons. The average molecular weight is 323 g/mol. The van der Waals surface area contributed by atoms with Gasteiger partial charge in [-0.25, -0.2) is 4.79 Å². The second-order valence-electron chi connectivity index (χ2n) is 7.37. The van der Waals surface area contributed by atoms with Crippen LogP contribution in [0.15, 0.2) is 48.5 Å². The maximum absolute atomic E-state index is 11.8. The summed E-state index contributed by atoms with van der Waals surface area (Å²) in [7, 11) is 0. The number of rotatable bonds is 4. The summed E-state index contributed by atoms with van der Waals surface area (Å²) >= 11 is 0. The topological polar surface area (TPSA) is 53.2 Å². The fraction of sp³-hybridized carbons (Fsp3) is 0.350. The van der Waals surface area contributed by atoms with Gasteiger partial charge in [0, 0.05) is 23.1 Å². The Labute approximate surface area is 143 Å². The van der Waals surface area contributed by atoms with Crippen molar-refractivity contribution in [1.82, 2.24) is 5.32 Å². The predicted octanol–water partition coefficient (Wildman–Crippen LogP) is 5.01. The highest BCUT2D eigenvalue weighted by Crippen LogP contribution is 2.31. The molecule has 0 saturated heterocycles. The lowest BCUT2D eigenvalue weighted by Gasteiger charge is -2.23. The molecule has 2 aromatic rings. The van der Waals surface area contributed by atoms with Gasteiger partial charge in [0.1, 0.15) is 0 Å². The molecule has 0 radical (unpaired) electrons. The Hall–Kier alpha value is -2.49. The average Bonchev–Trinajstić information content (AvgIpc) is 3.32. The first-order chi connectivity index (χ1) is 11.4. The summed E-state index contributed by atoms with van der Waals surface area (Å²) in [5, 5.41) is 9.25. The van der Waals surface area contributed by atoms with E-state index in [4.69, 9.17) is 0 Å². The van der Waals surface area contributed by atoms with Crippen LogP contribution < -0.4 is 16.0 Å². The number of urea groups is 1. The minimum absolute atomic E-state index is 0.0754. The molecule has 0 heterocycles. The minimum atomic E-state index is -0.128. The molecular weight excluding hydrogens is 298 g/mol. The highest BCUT2D eigenvalue weighted by molar-refractivity contribution is 5.89. The number of benzene rings is 2. The Morgan fingerprint density at radius 2 is 1.58 bits per heavy atom. The summed E-state index contributed by atoms with van der Waals surface area (Å²) in [6.07, 6.45) is 2.17. The van der Waals surface area contributed by atoms with Gasteiger partial charge in [-0.2, -0.15) is 0 Å². The van der Waals surface area contributed by atoms with E-state index < -0.39 is 0 Å². The Kier molecular flexibility index (Phi) is 4.47. The molecule has 1 aliphatic carbocycles. The van der Waals surface area contributed by atoms with E-state index in [1.54, 1.807) is 0 Å². The molecule has 3 N–H and O–H groups in total. The smallest absolute Gasteiger partial charge is 0.319 e. The third kappa shape index (κ3) is 4.28. The summed E-state index contributed by atoms with van der Waals surface area (Å²) < 4.78 is 0. The summed E-state index contributed by atoms with van der Waals surface area (Å²) in [5.74, 6) is 0. The molecule has 0 unspecified atom stereocenters. The molecule has 2 amide bonds. The summed E-state index contributed by atoms with van der Waals surface area (Å²) in [4.78, 5) is 11.8. The number of anilines is 3. The van der Waals surface area contributed by atoms with Gasteiger partial charge in [0.25, 0.3) is 0 Å². The highest BCUT2D eigenvalue weighted by atomic mass is 16.2. The largest absolute Gasteiger partial charge is 0.355 e. The van der Waals surface area contributed by atoms with E-state index in [1.807, 2.05) is 30.3 Å². The van der Waals surface area contributed by atoms with Gasteiger partial charge in [0.05, 0.1) is 0 Å². The first kappa shape index (κ1) is 16.4. The Morgan fingerprint density at radius 3 is 2.21 bits per heavy atom. The molecule has 4 nitrogen and oxygen atoms in total. The molecule has 1 saturated carbocycles. The zero-order chi connectivity index (χ0) is 17.2. The number of para-hydroxylation sites is 1. The van der Waals surface area contributed by atoms with Crippen LogP contribution in [0.1, 0.15) is 39.2 Å². The molecule has 1 aliphatic rings. The van der Waals surface area contributed by atoms with Crippen molar-refractivity contribution in [2.24, 2.45) is 0 Å². The lowest BCUT2D eigenvalue weighted by molar-refractivity contribution is 0.251. The van der Waals surface area contributed by atoms with Crippen molar-refractivity contribution in [3.63, 3.8) is 0 Å². The van der Waals surface area contributed by atoms with E-state index >= 15 is 0 Å². The van der Waals surface area contributed by atoms with Crippen molar-refractivity contribution in [2.75, 3.05) is 10.6 Å². The second-order valence-corrected chi connectivity index (χ2v) is 7.37. The molecule has 24 heavy (non-hydrogen) atoms. The summed E-state index contributed by atoms with van der Waals surface area (Å²) in [6.45, 7) is 6.62. The molecule has 0 bridgehead atoms. The maximum atomic E-state index is 11.8. The van der Waals surface area contributed by atoms with Gasteiger partial charge < -0.3 is 16.0 Å². The Balaban J connectivity index is 1.67. The Morgan fingerprint density at radius 1 is 0.958 bits per heavy atom. The molecule has 1 fully saturated rings. The van der Waals surface area contributed by atoms with Gasteiger partial charge in [-0.1, -0.05) is 39.0 Å². The van der Waals surface area contributed by atoms with Crippen LogP contribution in [-0.2, 0) is 5.41 Å². The molecule has 0 atom stereocenters. The van der Waals surface area contributed by atoms with Crippen LogP contribution in [0.4, 0.5) is 21.9 Å². The molecular formula is C20H25N3O. The van der Waals surface area contributed by atoms with Gasteiger partial charge >= 0.3 is 6.03 Å². The van der Waals surface area contributed by atoms with Crippen molar-refractivity contribution < 1.29 is 4.79 Å². The van der Waals surface area contributed by atoms with Crippen molar-refractivity contribution >= 4 is 23.1 Å². The van der Waals surface area contributed by atoms with Gasteiger partial charge in [-0.3, -0.25) is 0 Å². The maximum Gasteiger partial charge on any atom is 0.319 e. The van der Waals surface area contributed by atoms with Crippen molar-refractivity contribution in [2.45, 2.75) is 45.1 Å². The lowest BCUT2D eigenvalue weighted by atomic mass is 9.86. The van der Waals surface area contributed by atoms with E-state index in [-0.39, 0.29) is 11.4 Å². The van der Waals surface area contributed by atoms with Crippen molar-refractivity contribution in [3.8, 4) is 0 Å². The van der Waals surface area contributed by atoms with E-state index in [2.05, 4.69) is 54.9 Å². The number of carbonyl (C=O) groups is 1. The molecule has 0 aliphatic heterocycles. The quantitative estimate of drug-likeness (QED) is 0.740. The first-order valence-electron chi connectivity index (χ1n) is 8.46. The van der Waals surface area contributed by atoms with Crippen LogP contribution in [0, 0.1) is 0 Å². The fourth-order valence-corrected chi connectivity index (χ4v) is 2.62. The van der Waals surface area contributed by atoms with E-state index in [9.17, 15) is 4.79 Å². The number of amides is 2. The Bertz CT molecular complexity index is 712. The minimum Gasteiger partial charge on any atom is -0.355 e. The molecule has 0 spiro atoms. The summed E-state index contributed by atoms with van der Waals surface area (Å²) in [5.41, 5.74) is 4.25. The number of nitrogens with one attached hydrogen (secondary N) is 3. The van der Waals surface area contributed by atoms with Crippen LogP contribution in [-0.4, -0.2) is 12.1 Å². The monoisotopic (exact) mass is 323 g/mol. The van der Waals surface area contributed by atoms with E-state index in [0.717, 1.165) is 29.9 Å². The van der Waals surface area contributed by atoms with Crippen LogP contribution in [0.5, 0.6) is 0 Å². The van der Waals surface area contributed by atoms with Gasteiger partial charge in [0.15, 0.2) is 0 Å². The normalized spacial score (nSPS) is 14.1. The lowest BCUT2D eigenvalue weighted by Crippen LogP contribution is -2.30. The van der Waals surface area contributed by atoms with Crippen LogP contribution in [0.2, 0.25) is 0 Å². The van der Waals surface area contributed by atoms with E-state index in [1.165, 1.54) is 5.56 Å². The van der Waals surface area contributed by atoms with Gasteiger partial charge in [-0.15, -0.1) is 0 Å². The highest BCUT2D eigenvalue weighted by Gasteiger charge is 2.23.